The molecular formula is C17H19FN2. The van der Waals surface area contributed by atoms with E-state index in [2.05, 4.69) is 36.3 Å². The summed E-state index contributed by atoms with van der Waals surface area (Å²) in [5.41, 5.74) is 2.47. The minimum absolute atomic E-state index is 0.0143. The van der Waals surface area contributed by atoms with Crippen LogP contribution < -0.4 is 5.32 Å². The van der Waals surface area contributed by atoms with Crippen LogP contribution in [-0.2, 0) is 0 Å². The van der Waals surface area contributed by atoms with E-state index < -0.39 is 0 Å². The number of halogens is 1. The van der Waals surface area contributed by atoms with Gasteiger partial charge in [-0.05, 0) is 55.7 Å². The molecule has 2 nitrogen and oxygen atoms in total. The van der Waals surface area contributed by atoms with Gasteiger partial charge < -0.3 is 5.32 Å². The van der Waals surface area contributed by atoms with Crippen molar-refractivity contribution in [2.45, 2.75) is 37.8 Å². The average Bonchev–Trinajstić information content (AvgIpc) is 2.76. The SMILES string of the molecule is CC1(C)N[C@@H](c2ccc(F)cc2)C[C@H]1c1ccncc1. The van der Waals surface area contributed by atoms with E-state index in [1.54, 1.807) is 0 Å². The molecule has 0 aliphatic carbocycles. The predicted molar refractivity (Wildman–Crippen MR) is 78.0 cm³/mol. The summed E-state index contributed by atoms with van der Waals surface area (Å²) < 4.78 is 13.0. The zero-order chi connectivity index (χ0) is 14.2. The van der Waals surface area contributed by atoms with Gasteiger partial charge >= 0.3 is 0 Å². The average molecular weight is 270 g/mol. The molecule has 1 aliphatic heterocycles. The molecule has 2 aromatic rings. The van der Waals surface area contributed by atoms with E-state index in [0.717, 1.165) is 12.0 Å². The van der Waals surface area contributed by atoms with E-state index in [-0.39, 0.29) is 17.4 Å². The number of nitrogens with one attached hydrogen (secondary N) is 1. The predicted octanol–water partition coefficient (Wildman–Crippen LogP) is 3.82. The fraction of sp³-hybridized carbons (Fsp3) is 0.353. The first-order chi connectivity index (χ1) is 9.56. The number of benzene rings is 1. The maximum absolute atomic E-state index is 13.0. The highest BCUT2D eigenvalue weighted by Crippen LogP contribution is 2.43. The highest BCUT2D eigenvalue weighted by atomic mass is 19.1. The molecule has 2 heterocycles. The first kappa shape index (κ1) is 13.3. The Bertz CT molecular complexity index is 578. The minimum Gasteiger partial charge on any atom is -0.304 e. The van der Waals surface area contributed by atoms with Gasteiger partial charge in [0.15, 0.2) is 0 Å². The molecule has 1 aromatic heterocycles. The molecule has 0 bridgehead atoms. The summed E-state index contributed by atoms with van der Waals surface area (Å²) in [6, 6.07) is 11.2. The van der Waals surface area contributed by atoms with Gasteiger partial charge in [0.05, 0.1) is 0 Å². The van der Waals surface area contributed by atoms with Crippen LogP contribution in [0.15, 0.2) is 48.8 Å². The van der Waals surface area contributed by atoms with Crippen LogP contribution >= 0.6 is 0 Å². The van der Waals surface area contributed by atoms with Gasteiger partial charge in [0.1, 0.15) is 5.82 Å². The van der Waals surface area contributed by atoms with Crippen molar-refractivity contribution in [2.75, 3.05) is 0 Å². The Morgan fingerprint density at radius 1 is 1.05 bits per heavy atom. The molecule has 20 heavy (non-hydrogen) atoms. The van der Waals surface area contributed by atoms with E-state index in [1.807, 2.05) is 24.5 Å². The van der Waals surface area contributed by atoms with Gasteiger partial charge in [-0.15, -0.1) is 0 Å². The zero-order valence-corrected chi connectivity index (χ0v) is 11.8. The summed E-state index contributed by atoms with van der Waals surface area (Å²) in [6.07, 6.45) is 4.70. The van der Waals surface area contributed by atoms with Crippen LogP contribution in [0.4, 0.5) is 4.39 Å². The number of hydrogen-bond acceptors (Lipinski definition) is 2. The second-order valence-corrected chi connectivity index (χ2v) is 6.04. The van der Waals surface area contributed by atoms with E-state index in [1.165, 1.54) is 17.7 Å². The molecule has 1 aliphatic rings. The molecule has 3 rings (SSSR count). The molecular weight excluding hydrogens is 251 g/mol. The van der Waals surface area contributed by atoms with Crippen molar-refractivity contribution in [2.24, 2.45) is 0 Å². The zero-order valence-electron chi connectivity index (χ0n) is 11.8. The fourth-order valence-electron chi connectivity index (χ4n) is 3.20. The van der Waals surface area contributed by atoms with Crippen molar-refractivity contribution in [3.8, 4) is 0 Å². The highest BCUT2D eigenvalue weighted by Gasteiger charge is 2.40. The standard InChI is InChI=1S/C17H19FN2/c1-17(2)15(12-7-9-19-10-8-12)11-16(20-17)13-3-5-14(18)6-4-13/h3-10,15-16,20H,11H2,1-2H3/t15-,16+/m0/s1. The molecule has 3 heteroatoms. The van der Waals surface area contributed by atoms with Gasteiger partial charge in [0.2, 0.25) is 0 Å². The minimum atomic E-state index is -0.184. The van der Waals surface area contributed by atoms with Gasteiger partial charge in [0, 0.05) is 29.9 Å². The maximum atomic E-state index is 13.0. The third kappa shape index (κ3) is 2.46. The van der Waals surface area contributed by atoms with Crippen LogP contribution in [0.1, 0.15) is 43.4 Å². The summed E-state index contributed by atoms with van der Waals surface area (Å²) in [6.45, 7) is 4.45. The van der Waals surface area contributed by atoms with Crippen LogP contribution in [0.2, 0.25) is 0 Å². The molecule has 1 fully saturated rings. The van der Waals surface area contributed by atoms with Gasteiger partial charge in [-0.25, -0.2) is 4.39 Å². The number of nitrogens with zero attached hydrogens (tertiary/aromatic N) is 1. The fourth-order valence-corrected chi connectivity index (χ4v) is 3.20. The Balaban J connectivity index is 1.87. The van der Waals surface area contributed by atoms with Crippen molar-refractivity contribution >= 4 is 0 Å². The molecule has 0 amide bonds. The molecule has 1 saturated heterocycles. The van der Waals surface area contributed by atoms with Crippen molar-refractivity contribution in [3.05, 3.63) is 65.7 Å². The van der Waals surface area contributed by atoms with Crippen LogP contribution in [-0.4, -0.2) is 10.5 Å². The van der Waals surface area contributed by atoms with Crippen molar-refractivity contribution in [1.82, 2.24) is 10.3 Å². The summed E-state index contributed by atoms with van der Waals surface area (Å²) >= 11 is 0. The third-order valence-electron chi connectivity index (χ3n) is 4.27. The number of hydrogen-bond donors (Lipinski definition) is 1. The maximum Gasteiger partial charge on any atom is 0.123 e. The van der Waals surface area contributed by atoms with E-state index in [4.69, 9.17) is 0 Å². The lowest BCUT2D eigenvalue weighted by molar-refractivity contribution is 0.397. The van der Waals surface area contributed by atoms with Crippen LogP contribution in [0, 0.1) is 5.82 Å². The number of rotatable bonds is 2. The van der Waals surface area contributed by atoms with Gasteiger partial charge in [-0.3, -0.25) is 4.98 Å². The molecule has 104 valence electrons. The van der Waals surface area contributed by atoms with Crippen molar-refractivity contribution < 1.29 is 4.39 Å². The Kier molecular flexibility index (Phi) is 3.30. The molecule has 1 aromatic carbocycles. The van der Waals surface area contributed by atoms with Crippen LogP contribution in [0.5, 0.6) is 0 Å². The Labute approximate surface area is 119 Å². The van der Waals surface area contributed by atoms with E-state index in [9.17, 15) is 4.39 Å². The van der Waals surface area contributed by atoms with Gasteiger partial charge in [0.25, 0.3) is 0 Å². The monoisotopic (exact) mass is 270 g/mol. The quantitative estimate of drug-likeness (QED) is 0.897. The second kappa shape index (κ2) is 4.98. The van der Waals surface area contributed by atoms with E-state index in [0.29, 0.717) is 5.92 Å². The number of aromatic nitrogens is 1. The lowest BCUT2D eigenvalue weighted by Crippen LogP contribution is -2.37. The lowest BCUT2D eigenvalue weighted by Gasteiger charge is -2.27. The molecule has 0 unspecified atom stereocenters. The third-order valence-corrected chi connectivity index (χ3v) is 4.27. The first-order valence-electron chi connectivity index (χ1n) is 6.99. The molecule has 0 spiro atoms. The second-order valence-electron chi connectivity index (χ2n) is 6.04. The van der Waals surface area contributed by atoms with Gasteiger partial charge in [-0.1, -0.05) is 12.1 Å². The van der Waals surface area contributed by atoms with Crippen LogP contribution in [0.25, 0.3) is 0 Å². The number of pyridine rings is 1. The summed E-state index contributed by atoms with van der Waals surface area (Å²) in [4.78, 5) is 4.09. The molecule has 2 atom stereocenters. The van der Waals surface area contributed by atoms with Crippen molar-refractivity contribution in [3.63, 3.8) is 0 Å². The van der Waals surface area contributed by atoms with Crippen molar-refractivity contribution in [1.29, 1.82) is 0 Å². The summed E-state index contributed by atoms with van der Waals surface area (Å²) in [7, 11) is 0. The highest BCUT2D eigenvalue weighted by molar-refractivity contribution is 5.29. The van der Waals surface area contributed by atoms with E-state index >= 15 is 0 Å². The molecule has 1 N–H and O–H groups in total. The first-order valence-corrected chi connectivity index (χ1v) is 6.99. The van der Waals surface area contributed by atoms with Crippen LogP contribution in [0.3, 0.4) is 0 Å². The Morgan fingerprint density at radius 2 is 1.70 bits per heavy atom. The summed E-state index contributed by atoms with van der Waals surface area (Å²) in [5, 5.41) is 3.67. The summed E-state index contributed by atoms with van der Waals surface area (Å²) in [5.74, 6) is 0.247. The molecule has 0 saturated carbocycles. The lowest BCUT2D eigenvalue weighted by atomic mass is 9.83. The smallest absolute Gasteiger partial charge is 0.123 e. The Morgan fingerprint density at radius 3 is 2.35 bits per heavy atom. The normalized spacial score (nSPS) is 24.8. The largest absolute Gasteiger partial charge is 0.304 e. The van der Waals surface area contributed by atoms with Gasteiger partial charge in [-0.2, -0.15) is 0 Å². The topological polar surface area (TPSA) is 24.9 Å². The molecule has 0 radical (unpaired) electrons. The Hall–Kier alpha value is -1.74.